The van der Waals surface area contributed by atoms with Gasteiger partial charge in [0.1, 0.15) is 0 Å². The van der Waals surface area contributed by atoms with E-state index in [1.165, 1.54) is 0 Å². The third kappa shape index (κ3) is 4.48. The maximum atomic E-state index is 13.4. The standard InChI is InChI=1S/C16H14BrF3N2O/c1-9-8-10(2-3-11(9)17)21-7-6-14(23)22-13-5-4-12(18)15(19)16(13)20/h2-5,8,21H,6-7H2,1H3,(H,22,23). The van der Waals surface area contributed by atoms with Gasteiger partial charge in [0.15, 0.2) is 17.5 Å². The Labute approximate surface area is 140 Å². The lowest BCUT2D eigenvalue weighted by Gasteiger charge is -2.09. The summed E-state index contributed by atoms with van der Waals surface area (Å²) in [6.45, 7) is 2.26. The minimum absolute atomic E-state index is 0.0492. The van der Waals surface area contributed by atoms with Crippen LogP contribution in [0.15, 0.2) is 34.8 Å². The fourth-order valence-corrected chi connectivity index (χ4v) is 2.16. The smallest absolute Gasteiger partial charge is 0.226 e. The minimum atomic E-state index is -1.61. The van der Waals surface area contributed by atoms with Gasteiger partial charge in [-0.15, -0.1) is 0 Å². The van der Waals surface area contributed by atoms with Crippen LogP contribution in [0.3, 0.4) is 0 Å². The van der Waals surface area contributed by atoms with Crippen LogP contribution >= 0.6 is 15.9 Å². The molecule has 0 radical (unpaired) electrons. The maximum absolute atomic E-state index is 13.4. The average molecular weight is 387 g/mol. The highest BCUT2D eigenvalue weighted by Crippen LogP contribution is 2.21. The SMILES string of the molecule is Cc1cc(NCCC(=O)Nc2ccc(F)c(F)c2F)ccc1Br. The zero-order chi connectivity index (χ0) is 17.0. The number of benzene rings is 2. The Morgan fingerprint density at radius 2 is 1.87 bits per heavy atom. The van der Waals surface area contributed by atoms with Gasteiger partial charge in [-0.1, -0.05) is 15.9 Å². The first kappa shape index (κ1) is 17.3. The lowest BCUT2D eigenvalue weighted by molar-refractivity contribution is -0.116. The maximum Gasteiger partial charge on any atom is 0.226 e. The predicted molar refractivity (Wildman–Crippen MR) is 86.9 cm³/mol. The van der Waals surface area contributed by atoms with Gasteiger partial charge in [-0.25, -0.2) is 13.2 Å². The first-order valence-corrected chi connectivity index (χ1v) is 7.61. The second kappa shape index (κ2) is 7.50. The molecule has 0 heterocycles. The molecule has 0 aliphatic heterocycles. The Hall–Kier alpha value is -2.02. The van der Waals surface area contributed by atoms with E-state index in [1.54, 1.807) is 0 Å². The monoisotopic (exact) mass is 386 g/mol. The van der Waals surface area contributed by atoms with Gasteiger partial charge in [-0.3, -0.25) is 4.79 Å². The van der Waals surface area contributed by atoms with E-state index >= 15 is 0 Å². The van der Waals surface area contributed by atoms with Gasteiger partial charge in [-0.05, 0) is 42.8 Å². The Morgan fingerprint density at radius 1 is 1.13 bits per heavy atom. The molecule has 23 heavy (non-hydrogen) atoms. The topological polar surface area (TPSA) is 41.1 Å². The number of anilines is 2. The van der Waals surface area contributed by atoms with E-state index in [1.807, 2.05) is 25.1 Å². The van der Waals surface area contributed by atoms with Crippen LogP contribution in [-0.2, 0) is 4.79 Å². The van der Waals surface area contributed by atoms with Crippen molar-refractivity contribution in [3.63, 3.8) is 0 Å². The van der Waals surface area contributed by atoms with E-state index in [0.717, 1.165) is 27.9 Å². The van der Waals surface area contributed by atoms with Crippen molar-refractivity contribution in [3.05, 3.63) is 57.8 Å². The van der Waals surface area contributed by atoms with E-state index in [2.05, 4.69) is 26.6 Å². The van der Waals surface area contributed by atoms with Crippen LogP contribution in [0.5, 0.6) is 0 Å². The summed E-state index contributed by atoms with van der Waals surface area (Å²) in [5, 5.41) is 5.27. The van der Waals surface area contributed by atoms with Crippen LogP contribution in [0.2, 0.25) is 0 Å². The molecule has 2 aromatic rings. The molecule has 0 fully saturated rings. The van der Waals surface area contributed by atoms with E-state index in [0.29, 0.717) is 6.54 Å². The molecule has 0 bridgehead atoms. The largest absolute Gasteiger partial charge is 0.385 e. The van der Waals surface area contributed by atoms with Crippen molar-refractivity contribution in [2.24, 2.45) is 0 Å². The highest BCUT2D eigenvalue weighted by molar-refractivity contribution is 9.10. The number of hydrogen-bond acceptors (Lipinski definition) is 2. The first-order chi connectivity index (χ1) is 10.9. The van der Waals surface area contributed by atoms with Gasteiger partial charge < -0.3 is 10.6 Å². The number of halogens is 4. The summed E-state index contributed by atoms with van der Waals surface area (Å²) in [5.74, 6) is -4.81. The van der Waals surface area contributed by atoms with Gasteiger partial charge in [0.2, 0.25) is 5.91 Å². The second-order valence-electron chi connectivity index (χ2n) is 4.91. The summed E-state index contributed by atoms with van der Waals surface area (Å²) in [5.41, 5.74) is 1.51. The average Bonchev–Trinajstić information content (AvgIpc) is 2.51. The highest BCUT2D eigenvalue weighted by atomic mass is 79.9. The molecule has 7 heteroatoms. The lowest BCUT2D eigenvalue weighted by Crippen LogP contribution is -2.17. The molecular formula is C16H14BrF3N2O. The van der Waals surface area contributed by atoms with Crippen LogP contribution in [0, 0.1) is 24.4 Å². The summed E-state index contributed by atoms with van der Waals surface area (Å²) in [6.07, 6.45) is 0.0492. The molecule has 0 spiro atoms. The molecule has 0 saturated heterocycles. The molecule has 0 aromatic heterocycles. The summed E-state index contributed by atoms with van der Waals surface area (Å²) in [4.78, 5) is 11.7. The Balaban J connectivity index is 1.88. The Kier molecular flexibility index (Phi) is 5.65. The van der Waals surface area contributed by atoms with Crippen molar-refractivity contribution in [2.45, 2.75) is 13.3 Å². The molecule has 0 unspecified atom stereocenters. The third-order valence-corrected chi connectivity index (χ3v) is 4.04. The Bertz CT molecular complexity index is 738. The van der Waals surface area contributed by atoms with E-state index in [9.17, 15) is 18.0 Å². The quantitative estimate of drug-likeness (QED) is 0.736. The van der Waals surface area contributed by atoms with Crippen LogP contribution in [0.1, 0.15) is 12.0 Å². The van der Waals surface area contributed by atoms with Crippen molar-refractivity contribution in [1.29, 1.82) is 0 Å². The van der Waals surface area contributed by atoms with Crippen LogP contribution < -0.4 is 10.6 Å². The number of rotatable bonds is 5. The van der Waals surface area contributed by atoms with Gasteiger partial charge in [-0.2, -0.15) is 0 Å². The molecule has 2 aromatic carbocycles. The van der Waals surface area contributed by atoms with E-state index < -0.39 is 23.4 Å². The third-order valence-electron chi connectivity index (χ3n) is 3.15. The fourth-order valence-electron chi connectivity index (χ4n) is 1.91. The van der Waals surface area contributed by atoms with Crippen molar-refractivity contribution in [3.8, 4) is 0 Å². The number of nitrogens with one attached hydrogen (secondary N) is 2. The van der Waals surface area contributed by atoms with Crippen molar-refractivity contribution in [2.75, 3.05) is 17.2 Å². The molecule has 2 N–H and O–H groups in total. The van der Waals surface area contributed by atoms with Crippen LogP contribution in [0.25, 0.3) is 0 Å². The van der Waals surface area contributed by atoms with Gasteiger partial charge in [0, 0.05) is 23.1 Å². The van der Waals surface area contributed by atoms with E-state index in [-0.39, 0.29) is 12.1 Å². The summed E-state index contributed by atoms with van der Waals surface area (Å²) in [6, 6.07) is 7.39. The number of amides is 1. The highest BCUT2D eigenvalue weighted by Gasteiger charge is 2.14. The second-order valence-corrected chi connectivity index (χ2v) is 5.77. The van der Waals surface area contributed by atoms with Gasteiger partial charge >= 0.3 is 0 Å². The molecule has 0 aliphatic rings. The molecule has 0 aliphatic carbocycles. The van der Waals surface area contributed by atoms with Crippen molar-refractivity contribution in [1.82, 2.24) is 0 Å². The molecule has 2 rings (SSSR count). The summed E-state index contributed by atoms with van der Waals surface area (Å²) in [7, 11) is 0. The summed E-state index contributed by atoms with van der Waals surface area (Å²) >= 11 is 3.39. The fraction of sp³-hybridized carbons (Fsp3) is 0.188. The molecule has 3 nitrogen and oxygen atoms in total. The number of carbonyl (C=O) groups is 1. The molecule has 1 amide bonds. The van der Waals surface area contributed by atoms with E-state index in [4.69, 9.17) is 0 Å². The van der Waals surface area contributed by atoms with Crippen molar-refractivity contribution >= 4 is 33.2 Å². The Morgan fingerprint density at radius 3 is 2.57 bits per heavy atom. The van der Waals surface area contributed by atoms with Crippen molar-refractivity contribution < 1.29 is 18.0 Å². The van der Waals surface area contributed by atoms with Crippen LogP contribution in [-0.4, -0.2) is 12.5 Å². The predicted octanol–water partition coefficient (Wildman–Crippen LogP) is 4.62. The zero-order valence-electron chi connectivity index (χ0n) is 12.2. The first-order valence-electron chi connectivity index (χ1n) is 6.82. The van der Waals surface area contributed by atoms with Crippen LogP contribution in [0.4, 0.5) is 24.5 Å². The lowest BCUT2D eigenvalue weighted by atomic mass is 10.2. The number of carbonyl (C=O) groups excluding carboxylic acids is 1. The molecule has 0 saturated carbocycles. The normalized spacial score (nSPS) is 10.5. The minimum Gasteiger partial charge on any atom is -0.385 e. The number of hydrogen-bond donors (Lipinski definition) is 2. The molecular weight excluding hydrogens is 373 g/mol. The molecule has 122 valence electrons. The molecule has 0 atom stereocenters. The summed E-state index contributed by atoms with van der Waals surface area (Å²) < 4.78 is 40.3. The van der Waals surface area contributed by atoms with Gasteiger partial charge in [0.25, 0.3) is 0 Å². The van der Waals surface area contributed by atoms with Gasteiger partial charge in [0.05, 0.1) is 5.69 Å². The number of aryl methyl sites for hydroxylation is 1. The zero-order valence-corrected chi connectivity index (χ0v) is 13.8.